The molecule has 0 unspecified atom stereocenters. The van der Waals surface area contributed by atoms with Crippen LogP contribution >= 0.6 is 0 Å². The summed E-state index contributed by atoms with van der Waals surface area (Å²) in [5, 5.41) is 0. The van der Waals surface area contributed by atoms with Gasteiger partial charge in [0.05, 0.1) is 0 Å². The molecule has 0 spiro atoms. The standard InChI is InChI=1S/C16H18O/c1-12-9-14(3)16(10-13(12)2)17-11-15-7-5-4-6-8-15/h4-10H,11H2,1-3H3. The van der Waals surface area contributed by atoms with Crippen LogP contribution in [0.15, 0.2) is 42.5 Å². The van der Waals surface area contributed by atoms with Gasteiger partial charge in [-0.3, -0.25) is 0 Å². The Morgan fingerprint density at radius 1 is 0.824 bits per heavy atom. The summed E-state index contributed by atoms with van der Waals surface area (Å²) in [5.74, 6) is 0.983. The van der Waals surface area contributed by atoms with Gasteiger partial charge in [-0.25, -0.2) is 0 Å². The van der Waals surface area contributed by atoms with Gasteiger partial charge < -0.3 is 4.74 Å². The topological polar surface area (TPSA) is 9.23 Å². The van der Waals surface area contributed by atoms with Gasteiger partial charge in [-0.2, -0.15) is 0 Å². The van der Waals surface area contributed by atoms with Crippen molar-refractivity contribution in [3.05, 3.63) is 64.7 Å². The SMILES string of the molecule is Cc1cc(C)c(OCc2ccccc2)cc1C. The zero-order chi connectivity index (χ0) is 12.3. The molecule has 0 aliphatic carbocycles. The van der Waals surface area contributed by atoms with E-state index in [1.807, 2.05) is 18.2 Å². The first-order valence-corrected chi connectivity index (χ1v) is 5.91. The number of rotatable bonds is 3. The van der Waals surface area contributed by atoms with E-state index in [-0.39, 0.29) is 0 Å². The Labute approximate surface area is 103 Å². The highest BCUT2D eigenvalue weighted by Crippen LogP contribution is 2.23. The molecule has 0 heterocycles. The molecule has 0 amide bonds. The molecule has 2 rings (SSSR count). The highest BCUT2D eigenvalue weighted by Gasteiger charge is 2.03. The third-order valence-corrected chi connectivity index (χ3v) is 3.03. The summed E-state index contributed by atoms with van der Waals surface area (Å²) < 4.78 is 5.86. The third kappa shape index (κ3) is 2.88. The van der Waals surface area contributed by atoms with Gasteiger partial charge in [0.25, 0.3) is 0 Å². The van der Waals surface area contributed by atoms with Crippen LogP contribution in [0.5, 0.6) is 5.75 Å². The van der Waals surface area contributed by atoms with Crippen molar-refractivity contribution in [2.75, 3.05) is 0 Å². The molecule has 0 saturated heterocycles. The number of aryl methyl sites for hydroxylation is 3. The summed E-state index contributed by atoms with van der Waals surface area (Å²) in [5.41, 5.74) is 4.99. The lowest BCUT2D eigenvalue weighted by Crippen LogP contribution is -1.98. The second-order valence-corrected chi connectivity index (χ2v) is 4.48. The molecule has 0 bridgehead atoms. The molecule has 1 heteroatoms. The summed E-state index contributed by atoms with van der Waals surface area (Å²) in [6.07, 6.45) is 0. The summed E-state index contributed by atoms with van der Waals surface area (Å²) in [4.78, 5) is 0. The van der Waals surface area contributed by atoms with Crippen LogP contribution in [0.1, 0.15) is 22.3 Å². The average Bonchev–Trinajstić information content (AvgIpc) is 2.33. The normalized spacial score (nSPS) is 10.3. The molecule has 2 aromatic rings. The van der Waals surface area contributed by atoms with Crippen LogP contribution in [-0.2, 0) is 6.61 Å². The van der Waals surface area contributed by atoms with Crippen molar-refractivity contribution < 1.29 is 4.74 Å². The molecular weight excluding hydrogens is 208 g/mol. The van der Waals surface area contributed by atoms with Crippen LogP contribution in [0, 0.1) is 20.8 Å². The predicted octanol–water partition coefficient (Wildman–Crippen LogP) is 4.19. The molecule has 0 aliphatic rings. The van der Waals surface area contributed by atoms with Crippen LogP contribution in [0.3, 0.4) is 0 Å². The maximum atomic E-state index is 5.86. The Kier molecular flexibility index (Phi) is 3.48. The van der Waals surface area contributed by atoms with E-state index in [1.54, 1.807) is 0 Å². The van der Waals surface area contributed by atoms with Crippen molar-refractivity contribution >= 4 is 0 Å². The highest BCUT2D eigenvalue weighted by molar-refractivity contribution is 5.41. The fourth-order valence-corrected chi connectivity index (χ4v) is 1.82. The van der Waals surface area contributed by atoms with Crippen molar-refractivity contribution in [1.82, 2.24) is 0 Å². The summed E-state index contributed by atoms with van der Waals surface area (Å²) in [6, 6.07) is 14.5. The first-order chi connectivity index (χ1) is 8.16. The van der Waals surface area contributed by atoms with Crippen LogP contribution in [0.25, 0.3) is 0 Å². The van der Waals surface area contributed by atoms with Crippen LogP contribution in [0.4, 0.5) is 0 Å². The van der Waals surface area contributed by atoms with Gasteiger partial charge in [-0.1, -0.05) is 36.4 Å². The monoisotopic (exact) mass is 226 g/mol. The van der Waals surface area contributed by atoms with Gasteiger partial charge in [0.2, 0.25) is 0 Å². The molecule has 2 aromatic carbocycles. The quantitative estimate of drug-likeness (QED) is 0.762. The molecule has 88 valence electrons. The Morgan fingerprint density at radius 2 is 1.47 bits per heavy atom. The second-order valence-electron chi connectivity index (χ2n) is 4.48. The van der Waals surface area contributed by atoms with Gasteiger partial charge >= 0.3 is 0 Å². The zero-order valence-electron chi connectivity index (χ0n) is 10.7. The highest BCUT2D eigenvalue weighted by atomic mass is 16.5. The number of ether oxygens (including phenoxy) is 1. The molecule has 0 radical (unpaired) electrons. The van der Waals surface area contributed by atoms with E-state index in [0.717, 1.165) is 5.75 Å². The lowest BCUT2D eigenvalue weighted by Gasteiger charge is -2.11. The van der Waals surface area contributed by atoms with Crippen molar-refractivity contribution in [2.24, 2.45) is 0 Å². The number of benzene rings is 2. The van der Waals surface area contributed by atoms with Crippen molar-refractivity contribution in [3.63, 3.8) is 0 Å². The Hall–Kier alpha value is -1.76. The minimum atomic E-state index is 0.629. The first-order valence-electron chi connectivity index (χ1n) is 5.91. The van der Waals surface area contributed by atoms with E-state index in [0.29, 0.717) is 6.61 Å². The van der Waals surface area contributed by atoms with Crippen LogP contribution in [0.2, 0.25) is 0 Å². The van der Waals surface area contributed by atoms with E-state index < -0.39 is 0 Å². The van der Waals surface area contributed by atoms with Gasteiger partial charge in [0.1, 0.15) is 12.4 Å². The molecule has 17 heavy (non-hydrogen) atoms. The molecule has 0 saturated carbocycles. The van der Waals surface area contributed by atoms with E-state index in [4.69, 9.17) is 4.74 Å². The zero-order valence-corrected chi connectivity index (χ0v) is 10.7. The molecule has 0 aromatic heterocycles. The molecule has 0 fully saturated rings. The number of hydrogen-bond donors (Lipinski definition) is 0. The van der Waals surface area contributed by atoms with E-state index >= 15 is 0 Å². The molecular formula is C16H18O. The van der Waals surface area contributed by atoms with Gasteiger partial charge in [0.15, 0.2) is 0 Å². The lowest BCUT2D eigenvalue weighted by atomic mass is 10.1. The van der Waals surface area contributed by atoms with Crippen molar-refractivity contribution in [1.29, 1.82) is 0 Å². The van der Waals surface area contributed by atoms with Crippen LogP contribution < -0.4 is 4.74 Å². The van der Waals surface area contributed by atoms with Gasteiger partial charge in [0, 0.05) is 0 Å². The second kappa shape index (κ2) is 5.05. The molecule has 1 nitrogen and oxygen atoms in total. The first kappa shape index (κ1) is 11.7. The fraction of sp³-hybridized carbons (Fsp3) is 0.250. The van der Waals surface area contributed by atoms with E-state index in [1.165, 1.54) is 22.3 Å². The smallest absolute Gasteiger partial charge is 0.122 e. The van der Waals surface area contributed by atoms with Gasteiger partial charge in [-0.15, -0.1) is 0 Å². The van der Waals surface area contributed by atoms with Crippen molar-refractivity contribution in [2.45, 2.75) is 27.4 Å². The summed E-state index contributed by atoms with van der Waals surface area (Å²) in [7, 11) is 0. The van der Waals surface area contributed by atoms with Crippen molar-refractivity contribution in [3.8, 4) is 5.75 Å². The molecule has 0 aliphatic heterocycles. The van der Waals surface area contributed by atoms with Crippen LogP contribution in [-0.4, -0.2) is 0 Å². The van der Waals surface area contributed by atoms with Gasteiger partial charge in [-0.05, 0) is 49.1 Å². The molecule has 0 N–H and O–H groups in total. The minimum Gasteiger partial charge on any atom is -0.489 e. The molecule has 0 atom stereocenters. The lowest BCUT2D eigenvalue weighted by molar-refractivity contribution is 0.304. The Bertz CT molecular complexity index is 500. The van der Waals surface area contributed by atoms with E-state index in [9.17, 15) is 0 Å². The third-order valence-electron chi connectivity index (χ3n) is 3.03. The maximum absolute atomic E-state index is 5.86. The summed E-state index contributed by atoms with van der Waals surface area (Å²) in [6.45, 7) is 6.96. The largest absolute Gasteiger partial charge is 0.489 e. The predicted molar refractivity (Wildman–Crippen MR) is 71.4 cm³/mol. The fourth-order valence-electron chi connectivity index (χ4n) is 1.82. The Morgan fingerprint density at radius 3 is 2.18 bits per heavy atom. The number of hydrogen-bond acceptors (Lipinski definition) is 1. The summed E-state index contributed by atoms with van der Waals surface area (Å²) >= 11 is 0. The minimum absolute atomic E-state index is 0.629. The Balaban J connectivity index is 2.12. The van der Waals surface area contributed by atoms with E-state index in [2.05, 4.69) is 45.0 Å². The average molecular weight is 226 g/mol. The maximum Gasteiger partial charge on any atom is 0.122 e.